The van der Waals surface area contributed by atoms with E-state index in [2.05, 4.69) is 0 Å². The molecule has 1 heterocycles. The number of hydrogen-bond donors (Lipinski definition) is 1. The molecule has 1 saturated heterocycles. The van der Waals surface area contributed by atoms with E-state index in [9.17, 15) is 14.7 Å². The summed E-state index contributed by atoms with van der Waals surface area (Å²) in [5.74, 6) is -0.732. The molecule has 1 aliphatic heterocycles. The second-order valence-corrected chi connectivity index (χ2v) is 5.31. The molecule has 1 aliphatic rings. The molecule has 114 valence electrons. The fraction of sp³-hybridized carbons (Fsp3) is 0.500. The molecular weight excluding hydrogens is 270 g/mol. The molecule has 0 saturated carbocycles. The van der Waals surface area contributed by atoms with Crippen LogP contribution in [0, 0.1) is 12.8 Å². The number of rotatable bonds is 3. The first-order valence-electron chi connectivity index (χ1n) is 7.29. The lowest BCUT2D eigenvalue weighted by molar-refractivity contribution is -0.149. The first-order valence-corrected chi connectivity index (χ1v) is 7.29. The zero-order valence-electron chi connectivity index (χ0n) is 12.5. The Balaban J connectivity index is 2.12. The molecule has 1 aromatic rings. The third-order valence-corrected chi connectivity index (χ3v) is 3.80. The van der Waals surface area contributed by atoms with Gasteiger partial charge in [0.1, 0.15) is 5.75 Å². The molecule has 1 fully saturated rings. The molecule has 1 atom stereocenters. The van der Waals surface area contributed by atoms with E-state index in [1.165, 1.54) is 0 Å². The third kappa shape index (κ3) is 3.35. The Kier molecular flexibility index (Phi) is 4.83. The lowest BCUT2D eigenvalue weighted by Gasteiger charge is -2.31. The molecule has 1 aromatic carbocycles. The topological polar surface area (TPSA) is 66.8 Å². The van der Waals surface area contributed by atoms with E-state index >= 15 is 0 Å². The number of aromatic hydroxyl groups is 1. The molecule has 2 rings (SSSR count). The van der Waals surface area contributed by atoms with E-state index in [0.29, 0.717) is 30.8 Å². The highest BCUT2D eigenvalue weighted by atomic mass is 16.5. The first-order chi connectivity index (χ1) is 10.0. The van der Waals surface area contributed by atoms with Gasteiger partial charge in [-0.3, -0.25) is 9.59 Å². The van der Waals surface area contributed by atoms with Crippen molar-refractivity contribution in [2.75, 3.05) is 19.7 Å². The average molecular weight is 291 g/mol. The molecular formula is C16H21NO4. The summed E-state index contributed by atoms with van der Waals surface area (Å²) >= 11 is 0. The second-order valence-electron chi connectivity index (χ2n) is 5.31. The van der Waals surface area contributed by atoms with Gasteiger partial charge in [-0.05, 0) is 38.3 Å². The van der Waals surface area contributed by atoms with Gasteiger partial charge < -0.3 is 14.7 Å². The van der Waals surface area contributed by atoms with Crippen LogP contribution in [0.15, 0.2) is 18.2 Å². The minimum absolute atomic E-state index is 0.0146. The maximum absolute atomic E-state index is 12.5. The van der Waals surface area contributed by atoms with Crippen LogP contribution >= 0.6 is 0 Å². The SMILES string of the molecule is CCOC(=O)[C@@H]1CCCN(C(=O)c2cccc(C)c2O)C1. The van der Waals surface area contributed by atoms with Gasteiger partial charge >= 0.3 is 5.97 Å². The summed E-state index contributed by atoms with van der Waals surface area (Å²) in [6, 6.07) is 5.11. The molecule has 0 spiro atoms. The smallest absolute Gasteiger partial charge is 0.310 e. The van der Waals surface area contributed by atoms with Crippen molar-refractivity contribution in [3.05, 3.63) is 29.3 Å². The molecule has 1 amide bonds. The van der Waals surface area contributed by atoms with Gasteiger partial charge in [-0.15, -0.1) is 0 Å². The Hall–Kier alpha value is -2.04. The first kappa shape index (κ1) is 15.4. The maximum Gasteiger partial charge on any atom is 0.310 e. The zero-order valence-corrected chi connectivity index (χ0v) is 12.5. The molecule has 0 bridgehead atoms. The maximum atomic E-state index is 12.5. The van der Waals surface area contributed by atoms with Crippen molar-refractivity contribution in [2.45, 2.75) is 26.7 Å². The Morgan fingerprint density at radius 2 is 2.19 bits per heavy atom. The highest BCUT2D eigenvalue weighted by Gasteiger charge is 2.30. The summed E-state index contributed by atoms with van der Waals surface area (Å²) in [7, 11) is 0. The van der Waals surface area contributed by atoms with Crippen molar-refractivity contribution in [3.63, 3.8) is 0 Å². The number of para-hydroxylation sites is 1. The fourth-order valence-electron chi connectivity index (χ4n) is 2.62. The number of carbonyl (C=O) groups excluding carboxylic acids is 2. The monoisotopic (exact) mass is 291 g/mol. The average Bonchev–Trinajstić information content (AvgIpc) is 2.50. The van der Waals surface area contributed by atoms with Crippen LogP contribution in [-0.2, 0) is 9.53 Å². The van der Waals surface area contributed by atoms with Crippen molar-refractivity contribution in [1.82, 2.24) is 4.90 Å². The van der Waals surface area contributed by atoms with Gasteiger partial charge in [-0.25, -0.2) is 0 Å². The number of phenols is 1. The van der Waals surface area contributed by atoms with E-state index < -0.39 is 0 Å². The van der Waals surface area contributed by atoms with Crippen molar-refractivity contribution in [1.29, 1.82) is 0 Å². The number of nitrogens with zero attached hydrogens (tertiary/aromatic N) is 1. The summed E-state index contributed by atoms with van der Waals surface area (Å²) < 4.78 is 5.03. The van der Waals surface area contributed by atoms with Crippen molar-refractivity contribution in [2.24, 2.45) is 5.92 Å². The number of piperidine rings is 1. The van der Waals surface area contributed by atoms with Crippen LogP contribution in [0.3, 0.4) is 0 Å². The van der Waals surface area contributed by atoms with Gasteiger partial charge in [0.25, 0.3) is 5.91 Å². The zero-order chi connectivity index (χ0) is 15.4. The minimum atomic E-state index is -0.269. The van der Waals surface area contributed by atoms with Crippen molar-refractivity contribution >= 4 is 11.9 Å². The number of phenolic OH excluding ortho intramolecular Hbond substituents is 1. The summed E-state index contributed by atoms with van der Waals surface area (Å²) in [4.78, 5) is 26.0. The Bertz CT molecular complexity index is 541. The number of likely N-dealkylation sites (tertiary alicyclic amines) is 1. The van der Waals surface area contributed by atoms with Crippen LogP contribution in [0.25, 0.3) is 0 Å². The molecule has 0 aliphatic carbocycles. The van der Waals surface area contributed by atoms with Crippen LogP contribution in [0.4, 0.5) is 0 Å². The van der Waals surface area contributed by atoms with E-state index in [1.54, 1.807) is 36.9 Å². The second kappa shape index (κ2) is 6.61. The highest BCUT2D eigenvalue weighted by molar-refractivity contribution is 5.97. The predicted octanol–water partition coefficient (Wildman–Crippen LogP) is 2.12. The standard InChI is InChI=1S/C16H21NO4/c1-3-21-16(20)12-7-5-9-17(10-12)15(19)13-8-4-6-11(2)14(13)18/h4,6,8,12,18H,3,5,7,9-10H2,1-2H3/t12-/m1/s1. The van der Waals surface area contributed by atoms with E-state index in [-0.39, 0.29) is 23.5 Å². The van der Waals surface area contributed by atoms with Gasteiger partial charge in [-0.2, -0.15) is 0 Å². The number of ether oxygens (including phenoxy) is 1. The molecule has 1 N–H and O–H groups in total. The lowest BCUT2D eigenvalue weighted by Crippen LogP contribution is -2.42. The number of esters is 1. The quantitative estimate of drug-likeness (QED) is 0.866. The van der Waals surface area contributed by atoms with Crippen LogP contribution in [0.5, 0.6) is 5.75 Å². The molecule has 21 heavy (non-hydrogen) atoms. The number of benzene rings is 1. The minimum Gasteiger partial charge on any atom is -0.507 e. The molecule has 5 nitrogen and oxygen atoms in total. The predicted molar refractivity (Wildman–Crippen MR) is 78.1 cm³/mol. The summed E-state index contributed by atoms with van der Waals surface area (Å²) in [6.07, 6.45) is 1.50. The highest BCUT2D eigenvalue weighted by Crippen LogP contribution is 2.25. The molecule has 5 heteroatoms. The van der Waals surface area contributed by atoms with E-state index in [1.807, 2.05) is 0 Å². The van der Waals surface area contributed by atoms with Crippen molar-refractivity contribution < 1.29 is 19.4 Å². The van der Waals surface area contributed by atoms with Crippen LogP contribution in [-0.4, -0.2) is 41.6 Å². The van der Waals surface area contributed by atoms with Gasteiger partial charge in [0.05, 0.1) is 18.1 Å². The number of aryl methyl sites for hydroxylation is 1. The Labute approximate surface area is 124 Å². The summed E-state index contributed by atoms with van der Waals surface area (Å²) in [5, 5.41) is 10.0. The molecule has 0 radical (unpaired) electrons. The number of carbonyl (C=O) groups is 2. The fourth-order valence-corrected chi connectivity index (χ4v) is 2.62. The van der Waals surface area contributed by atoms with Gasteiger partial charge in [-0.1, -0.05) is 12.1 Å². The van der Waals surface area contributed by atoms with E-state index in [4.69, 9.17) is 4.74 Å². The summed E-state index contributed by atoms with van der Waals surface area (Å²) in [6.45, 7) is 4.83. The number of hydrogen-bond acceptors (Lipinski definition) is 4. The third-order valence-electron chi connectivity index (χ3n) is 3.80. The molecule has 0 unspecified atom stereocenters. The van der Waals surface area contributed by atoms with Crippen LogP contribution < -0.4 is 0 Å². The molecule has 0 aromatic heterocycles. The van der Waals surface area contributed by atoms with Gasteiger partial charge in [0.15, 0.2) is 0 Å². The summed E-state index contributed by atoms with van der Waals surface area (Å²) in [5.41, 5.74) is 0.958. The Morgan fingerprint density at radius 3 is 2.90 bits per heavy atom. The van der Waals surface area contributed by atoms with E-state index in [0.717, 1.165) is 12.8 Å². The normalized spacial score (nSPS) is 18.4. The van der Waals surface area contributed by atoms with Crippen LogP contribution in [0.1, 0.15) is 35.7 Å². The largest absolute Gasteiger partial charge is 0.507 e. The van der Waals surface area contributed by atoms with Crippen LogP contribution in [0.2, 0.25) is 0 Å². The van der Waals surface area contributed by atoms with Gasteiger partial charge in [0, 0.05) is 13.1 Å². The van der Waals surface area contributed by atoms with Crippen molar-refractivity contribution in [3.8, 4) is 5.75 Å². The lowest BCUT2D eigenvalue weighted by atomic mass is 9.97. The number of amides is 1. The Morgan fingerprint density at radius 1 is 1.43 bits per heavy atom. The van der Waals surface area contributed by atoms with Gasteiger partial charge in [0.2, 0.25) is 0 Å².